The van der Waals surface area contributed by atoms with Gasteiger partial charge in [0.25, 0.3) is 0 Å². The van der Waals surface area contributed by atoms with E-state index in [-0.39, 0.29) is 5.95 Å². The zero-order valence-corrected chi connectivity index (χ0v) is 15.3. The molecule has 0 aliphatic carbocycles. The van der Waals surface area contributed by atoms with Crippen LogP contribution in [0.5, 0.6) is 11.5 Å². The zero-order valence-electron chi connectivity index (χ0n) is 15.3. The lowest BCUT2D eigenvalue weighted by molar-refractivity contribution is 0.355. The van der Waals surface area contributed by atoms with Crippen molar-refractivity contribution in [2.75, 3.05) is 51.0 Å². The minimum atomic E-state index is 0.198. The Bertz CT molecular complexity index is 973. The SMILES string of the molecule is COc1ccc(-c2cnc3nc(N)nc(N4CCNCC4)c3n2)cc1OC. The van der Waals surface area contributed by atoms with Crippen LogP contribution in [0.25, 0.3) is 22.4 Å². The molecule has 0 saturated carbocycles. The molecule has 0 spiro atoms. The van der Waals surface area contributed by atoms with Crippen LogP contribution in [0.2, 0.25) is 0 Å². The predicted octanol–water partition coefficient (Wildman–Crippen LogP) is 1.10. The van der Waals surface area contributed by atoms with Gasteiger partial charge in [-0.25, -0.2) is 9.97 Å². The van der Waals surface area contributed by atoms with Crippen molar-refractivity contribution >= 4 is 22.9 Å². The van der Waals surface area contributed by atoms with E-state index in [1.54, 1.807) is 20.4 Å². The van der Waals surface area contributed by atoms with Gasteiger partial charge in [-0.15, -0.1) is 0 Å². The number of hydrogen-bond donors (Lipinski definition) is 2. The monoisotopic (exact) mass is 367 g/mol. The average molecular weight is 367 g/mol. The summed E-state index contributed by atoms with van der Waals surface area (Å²) in [5, 5.41) is 3.33. The van der Waals surface area contributed by atoms with Crippen LogP contribution in [-0.4, -0.2) is 60.3 Å². The third kappa shape index (κ3) is 3.28. The van der Waals surface area contributed by atoms with Crippen molar-refractivity contribution in [3.63, 3.8) is 0 Å². The van der Waals surface area contributed by atoms with Crippen LogP contribution in [0.3, 0.4) is 0 Å². The number of nitrogen functional groups attached to an aromatic ring is 1. The van der Waals surface area contributed by atoms with Gasteiger partial charge in [0.15, 0.2) is 28.5 Å². The first kappa shape index (κ1) is 17.2. The van der Waals surface area contributed by atoms with Crippen LogP contribution in [0.15, 0.2) is 24.4 Å². The van der Waals surface area contributed by atoms with Gasteiger partial charge in [-0.2, -0.15) is 9.97 Å². The Morgan fingerprint density at radius 3 is 2.56 bits per heavy atom. The Hall–Kier alpha value is -3.20. The summed E-state index contributed by atoms with van der Waals surface area (Å²) >= 11 is 0. The number of nitrogens with two attached hydrogens (primary N) is 1. The molecule has 0 bridgehead atoms. The number of rotatable bonds is 4. The molecule has 0 amide bonds. The number of anilines is 2. The van der Waals surface area contributed by atoms with E-state index in [2.05, 4.69) is 25.2 Å². The number of nitrogens with zero attached hydrogens (tertiary/aromatic N) is 5. The molecule has 3 heterocycles. The molecule has 1 fully saturated rings. The van der Waals surface area contributed by atoms with Crippen LogP contribution in [0, 0.1) is 0 Å². The van der Waals surface area contributed by atoms with E-state index in [1.165, 1.54) is 0 Å². The van der Waals surface area contributed by atoms with Crippen LogP contribution < -0.4 is 25.4 Å². The summed E-state index contributed by atoms with van der Waals surface area (Å²) in [4.78, 5) is 20.1. The largest absolute Gasteiger partial charge is 0.493 e. The molecule has 1 aromatic carbocycles. The zero-order chi connectivity index (χ0) is 18.8. The number of ether oxygens (including phenoxy) is 2. The maximum Gasteiger partial charge on any atom is 0.224 e. The summed E-state index contributed by atoms with van der Waals surface area (Å²) < 4.78 is 10.7. The summed E-state index contributed by atoms with van der Waals surface area (Å²) in [6, 6.07) is 5.63. The molecule has 1 saturated heterocycles. The standard InChI is InChI=1S/C18H21N7O2/c1-26-13-4-3-11(9-14(13)27-2)12-10-21-16-15(22-12)17(24-18(19)23-16)25-7-5-20-6-8-25/h3-4,9-10,20H,5-8H2,1-2H3,(H2,19,21,23,24). The van der Waals surface area contributed by atoms with Gasteiger partial charge in [-0.1, -0.05) is 0 Å². The van der Waals surface area contributed by atoms with E-state index in [1.807, 2.05) is 18.2 Å². The van der Waals surface area contributed by atoms with Crippen molar-refractivity contribution in [2.45, 2.75) is 0 Å². The second-order valence-corrected chi connectivity index (χ2v) is 6.14. The molecule has 9 heteroatoms. The van der Waals surface area contributed by atoms with E-state index in [0.29, 0.717) is 34.2 Å². The second kappa shape index (κ2) is 7.20. The summed E-state index contributed by atoms with van der Waals surface area (Å²) in [6.45, 7) is 3.42. The van der Waals surface area contributed by atoms with E-state index in [4.69, 9.17) is 20.2 Å². The number of nitrogens with one attached hydrogen (secondary N) is 1. The molecule has 140 valence electrons. The molecular weight excluding hydrogens is 346 g/mol. The lowest BCUT2D eigenvalue weighted by atomic mass is 10.1. The first-order chi connectivity index (χ1) is 13.2. The number of piperazine rings is 1. The number of methoxy groups -OCH3 is 2. The molecule has 1 aliphatic rings. The van der Waals surface area contributed by atoms with E-state index >= 15 is 0 Å². The minimum absolute atomic E-state index is 0.198. The molecule has 0 unspecified atom stereocenters. The van der Waals surface area contributed by atoms with Crippen molar-refractivity contribution in [3.8, 4) is 22.8 Å². The Morgan fingerprint density at radius 1 is 1.04 bits per heavy atom. The molecular formula is C18H21N7O2. The Kier molecular flexibility index (Phi) is 4.59. The Morgan fingerprint density at radius 2 is 1.81 bits per heavy atom. The van der Waals surface area contributed by atoms with Gasteiger partial charge in [0.1, 0.15) is 0 Å². The molecule has 0 radical (unpaired) electrons. The lowest BCUT2D eigenvalue weighted by Crippen LogP contribution is -2.44. The number of benzene rings is 1. The highest BCUT2D eigenvalue weighted by Gasteiger charge is 2.19. The highest BCUT2D eigenvalue weighted by Crippen LogP contribution is 2.32. The van der Waals surface area contributed by atoms with Crippen LogP contribution in [0.1, 0.15) is 0 Å². The molecule has 4 rings (SSSR count). The van der Waals surface area contributed by atoms with Gasteiger partial charge in [-0.3, -0.25) is 0 Å². The predicted molar refractivity (Wildman–Crippen MR) is 103 cm³/mol. The number of fused-ring (bicyclic) bond motifs is 1. The van der Waals surface area contributed by atoms with Crippen LogP contribution >= 0.6 is 0 Å². The molecule has 3 aromatic rings. The van der Waals surface area contributed by atoms with Crippen LogP contribution in [0.4, 0.5) is 11.8 Å². The average Bonchev–Trinajstić information content (AvgIpc) is 2.73. The van der Waals surface area contributed by atoms with E-state index in [0.717, 1.165) is 31.7 Å². The van der Waals surface area contributed by atoms with E-state index in [9.17, 15) is 0 Å². The minimum Gasteiger partial charge on any atom is -0.493 e. The number of hydrogen-bond acceptors (Lipinski definition) is 9. The molecule has 9 nitrogen and oxygen atoms in total. The highest BCUT2D eigenvalue weighted by molar-refractivity contribution is 5.85. The highest BCUT2D eigenvalue weighted by atomic mass is 16.5. The fourth-order valence-electron chi connectivity index (χ4n) is 3.14. The fraction of sp³-hybridized carbons (Fsp3) is 0.333. The molecule has 27 heavy (non-hydrogen) atoms. The van der Waals surface area contributed by atoms with Crippen LogP contribution in [-0.2, 0) is 0 Å². The first-order valence-corrected chi connectivity index (χ1v) is 8.68. The first-order valence-electron chi connectivity index (χ1n) is 8.68. The Labute approximate surface area is 156 Å². The van der Waals surface area contributed by atoms with Gasteiger partial charge in [-0.05, 0) is 18.2 Å². The number of aromatic nitrogens is 4. The lowest BCUT2D eigenvalue weighted by Gasteiger charge is -2.28. The normalized spacial score (nSPS) is 14.4. The molecule has 1 aliphatic heterocycles. The molecule has 2 aromatic heterocycles. The summed E-state index contributed by atoms with van der Waals surface area (Å²) in [6.07, 6.45) is 1.68. The van der Waals surface area contributed by atoms with Gasteiger partial charge in [0.05, 0.1) is 26.1 Å². The molecule has 0 atom stereocenters. The molecule has 3 N–H and O–H groups in total. The Balaban J connectivity index is 1.82. The van der Waals surface area contributed by atoms with Crippen molar-refractivity contribution < 1.29 is 9.47 Å². The topological polar surface area (TPSA) is 111 Å². The van der Waals surface area contributed by atoms with Gasteiger partial charge < -0.3 is 25.4 Å². The smallest absolute Gasteiger partial charge is 0.224 e. The maximum absolute atomic E-state index is 5.89. The van der Waals surface area contributed by atoms with E-state index < -0.39 is 0 Å². The summed E-state index contributed by atoms with van der Waals surface area (Å²) in [5.74, 6) is 2.21. The summed E-state index contributed by atoms with van der Waals surface area (Å²) in [7, 11) is 3.21. The van der Waals surface area contributed by atoms with Crippen molar-refractivity contribution in [3.05, 3.63) is 24.4 Å². The quantitative estimate of drug-likeness (QED) is 0.700. The summed E-state index contributed by atoms with van der Waals surface area (Å²) in [5.41, 5.74) is 8.58. The van der Waals surface area contributed by atoms with Gasteiger partial charge in [0.2, 0.25) is 5.95 Å². The third-order valence-electron chi connectivity index (χ3n) is 4.50. The second-order valence-electron chi connectivity index (χ2n) is 6.14. The van der Waals surface area contributed by atoms with Gasteiger partial charge in [0, 0.05) is 31.7 Å². The third-order valence-corrected chi connectivity index (χ3v) is 4.50. The fourth-order valence-corrected chi connectivity index (χ4v) is 3.14. The van der Waals surface area contributed by atoms with Gasteiger partial charge >= 0.3 is 0 Å². The van der Waals surface area contributed by atoms with Crippen molar-refractivity contribution in [1.82, 2.24) is 25.3 Å². The van der Waals surface area contributed by atoms with Crippen molar-refractivity contribution in [2.24, 2.45) is 0 Å². The maximum atomic E-state index is 5.89. The van der Waals surface area contributed by atoms with Crippen molar-refractivity contribution in [1.29, 1.82) is 0 Å².